The van der Waals surface area contributed by atoms with Gasteiger partial charge in [0.1, 0.15) is 0 Å². The van der Waals surface area contributed by atoms with Crippen molar-refractivity contribution < 1.29 is 14.7 Å². The Balaban J connectivity index is 2.34. The second-order valence-corrected chi connectivity index (χ2v) is 3.88. The molecule has 0 spiro atoms. The number of ketones is 1. The first-order valence-corrected chi connectivity index (χ1v) is 5.03. The van der Waals surface area contributed by atoms with Gasteiger partial charge in [-0.15, -0.1) is 0 Å². The molecule has 15 heavy (non-hydrogen) atoms. The average molecular weight is 207 g/mol. The number of rotatable bonds is 2. The van der Waals surface area contributed by atoms with Gasteiger partial charge in [0.25, 0.3) is 0 Å². The van der Waals surface area contributed by atoms with Gasteiger partial charge in [0, 0.05) is 12.3 Å². The zero-order valence-electron chi connectivity index (χ0n) is 8.49. The molecule has 0 saturated carbocycles. The number of hydrogen-bond acceptors (Lipinski definition) is 3. The largest absolute Gasteiger partial charge is 0.396 e. The van der Waals surface area contributed by atoms with Gasteiger partial charge in [-0.1, -0.05) is 6.08 Å². The molecular weight excluding hydrogens is 194 g/mol. The summed E-state index contributed by atoms with van der Waals surface area (Å²) in [5.74, 6) is -0.672. The first kappa shape index (κ1) is 10.1. The van der Waals surface area contributed by atoms with E-state index >= 15 is 0 Å². The summed E-state index contributed by atoms with van der Waals surface area (Å²) in [7, 11) is 0. The van der Waals surface area contributed by atoms with Crippen LogP contribution in [0.25, 0.3) is 0 Å². The van der Waals surface area contributed by atoms with E-state index in [1.165, 1.54) is 6.08 Å². The van der Waals surface area contributed by atoms with Crippen LogP contribution in [0.15, 0.2) is 23.4 Å². The zero-order chi connectivity index (χ0) is 11.0. The highest BCUT2D eigenvalue weighted by molar-refractivity contribution is 6.00. The maximum atomic E-state index is 11.6. The van der Waals surface area contributed by atoms with Crippen LogP contribution < -0.4 is 5.32 Å². The van der Waals surface area contributed by atoms with E-state index in [1.54, 1.807) is 6.08 Å². The molecule has 1 aliphatic carbocycles. The second-order valence-electron chi connectivity index (χ2n) is 3.88. The highest BCUT2D eigenvalue weighted by Gasteiger charge is 2.36. The van der Waals surface area contributed by atoms with Crippen molar-refractivity contribution in [3.8, 4) is 0 Å². The van der Waals surface area contributed by atoms with Gasteiger partial charge in [-0.2, -0.15) is 0 Å². The molecule has 1 aliphatic heterocycles. The van der Waals surface area contributed by atoms with Crippen LogP contribution in [0.5, 0.6) is 0 Å². The van der Waals surface area contributed by atoms with Gasteiger partial charge in [-0.05, 0) is 25.0 Å². The molecule has 1 heterocycles. The molecule has 2 unspecified atom stereocenters. The minimum Gasteiger partial charge on any atom is -0.396 e. The molecule has 4 nitrogen and oxygen atoms in total. The quantitative estimate of drug-likeness (QED) is 0.677. The third-order valence-electron chi connectivity index (χ3n) is 2.97. The highest BCUT2D eigenvalue weighted by atomic mass is 16.3. The summed E-state index contributed by atoms with van der Waals surface area (Å²) in [6.45, 7) is 1.76. The summed E-state index contributed by atoms with van der Waals surface area (Å²) in [5.41, 5.74) is 1.58. The predicted molar refractivity (Wildman–Crippen MR) is 53.7 cm³/mol. The number of hydrogen-bond donors (Lipinski definition) is 2. The molecule has 0 bridgehead atoms. The summed E-state index contributed by atoms with van der Waals surface area (Å²) in [6, 6.07) is 0. The smallest absolute Gasteiger partial charge is 0.231 e. The number of amides is 1. The van der Waals surface area contributed by atoms with E-state index in [0.717, 1.165) is 5.57 Å². The molecule has 0 aromatic heterocycles. The fourth-order valence-electron chi connectivity index (χ4n) is 2.06. The minimum absolute atomic E-state index is 0.0443. The summed E-state index contributed by atoms with van der Waals surface area (Å²) in [5, 5.41) is 11.6. The van der Waals surface area contributed by atoms with Crippen LogP contribution in [0.2, 0.25) is 0 Å². The van der Waals surface area contributed by atoms with Gasteiger partial charge in [0.15, 0.2) is 5.78 Å². The van der Waals surface area contributed by atoms with E-state index in [0.29, 0.717) is 12.1 Å². The SMILES string of the molecule is CC1C(=O)NC2=C1C=CC(=O)C2CCO. The fraction of sp³-hybridized carbons (Fsp3) is 0.455. The van der Waals surface area contributed by atoms with E-state index in [4.69, 9.17) is 5.11 Å². The molecule has 0 fully saturated rings. The molecule has 0 aromatic rings. The van der Waals surface area contributed by atoms with E-state index in [2.05, 4.69) is 5.32 Å². The van der Waals surface area contributed by atoms with Crippen LogP contribution in [-0.4, -0.2) is 23.4 Å². The standard InChI is InChI=1S/C11H13NO3/c1-6-7-2-3-9(14)8(4-5-13)10(7)12-11(6)15/h2-3,6,8,13H,4-5H2,1H3,(H,12,15). The number of nitrogens with one attached hydrogen (secondary N) is 1. The molecule has 2 rings (SSSR count). The third-order valence-corrected chi connectivity index (χ3v) is 2.97. The van der Waals surface area contributed by atoms with Crippen molar-refractivity contribution in [2.75, 3.05) is 6.61 Å². The molecule has 80 valence electrons. The van der Waals surface area contributed by atoms with Crippen LogP contribution in [0.1, 0.15) is 13.3 Å². The monoisotopic (exact) mass is 207 g/mol. The molecule has 1 amide bonds. The molecule has 2 atom stereocenters. The zero-order valence-corrected chi connectivity index (χ0v) is 8.49. The Labute approximate surface area is 87.7 Å². The Morgan fingerprint density at radius 3 is 2.80 bits per heavy atom. The van der Waals surface area contributed by atoms with Gasteiger partial charge in [0.2, 0.25) is 5.91 Å². The van der Waals surface area contributed by atoms with Crippen LogP contribution in [-0.2, 0) is 9.59 Å². The number of aliphatic hydroxyl groups is 1. The lowest BCUT2D eigenvalue weighted by atomic mass is 9.87. The Kier molecular flexibility index (Phi) is 2.44. The van der Waals surface area contributed by atoms with Crippen LogP contribution in [0.3, 0.4) is 0 Å². The van der Waals surface area contributed by atoms with Crippen molar-refractivity contribution in [1.29, 1.82) is 0 Å². The molecule has 2 aliphatic rings. The Bertz CT molecular complexity index is 381. The predicted octanol–water partition coefficient (Wildman–Crippen LogP) is 0.144. The van der Waals surface area contributed by atoms with Crippen molar-refractivity contribution in [2.24, 2.45) is 11.8 Å². The van der Waals surface area contributed by atoms with Crippen molar-refractivity contribution in [3.05, 3.63) is 23.4 Å². The number of allylic oxidation sites excluding steroid dienone is 3. The Hall–Kier alpha value is -1.42. The van der Waals surface area contributed by atoms with Gasteiger partial charge < -0.3 is 10.4 Å². The van der Waals surface area contributed by atoms with E-state index in [9.17, 15) is 9.59 Å². The molecule has 2 N–H and O–H groups in total. The average Bonchev–Trinajstić information content (AvgIpc) is 2.49. The Morgan fingerprint density at radius 1 is 1.40 bits per heavy atom. The summed E-state index contributed by atoms with van der Waals surface area (Å²) in [6.07, 6.45) is 3.57. The molecular formula is C11H13NO3. The van der Waals surface area contributed by atoms with Crippen LogP contribution >= 0.6 is 0 Å². The first-order valence-electron chi connectivity index (χ1n) is 5.03. The van der Waals surface area contributed by atoms with Crippen LogP contribution in [0, 0.1) is 11.8 Å². The van der Waals surface area contributed by atoms with Gasteiger partial charge in [-0.25, -0.2) is 0 Å². The molecule has 4 heteroatoms. The van der Waals surface area contributed by atoms with Crippen molar-refractivity contribution in [2.45, 2.75) is 13.3 Å². The first-order chi connectivity index (χ1) is 7.15. The van der Waals surface area contributed by atoms with Crippen molar-refractivity contribution in [1.82, 2.24) is 5.32 Å². The Morgan fingerprint density at radius 2 is 2.13 bits per heavy atom. The maximum absolute atomic E-state index is 11.6. The van der Waals surface area contributed by atoms with E-state index in [-0.39, 0.29) is 30.1 Å². The van der Waals surface area contributed by atoms with E-state index < -0.39 is 0 Å². The minimum atomic E-state index is -0.371. The van der Waals surface area contributed by atoms with Gasteiger partial charge in [-0.3, -0.25) is 9.59 Å². The summed E-state index contributed by atoms with van der Waals surface area (Å²) < 4.78 is 0. The molecule has 0 saturated heterocycles. The fourth-order valence-corrected chi connectivity index (χ4v) is 2.06. The normalized spacial score (nSPS) is 29.5. The number of carbonyl (C=O) groups is 2. The third kappa shape index (κ3) is 1.51. The van der Waals surface area contributed by atoms with Crippen LogP contribution in [0.4, 0.5) is 0 Å². The number of aliphatic hydroxyl groups excluding tert-OH is 1. The topological polar surface area (TPSA) is 66.4 Å². The second kappa shape index (κ2) is 3.62. The lowest BCUT2D eigenvalue weighted by molar-refractivity contribution is -0.121. The summed E-state index contributed by atoms with van der Waals surface area (Å²) in [4.78, 5) is 23.0. The molecule has 0 radical (unpaired) electrons. The molecule has 0 aromatic carbocycles. The lowest BCUT2D eigenvalue weighted by Crippen LogP contribution is -2.28. The maximum Gasteiger partial charge on any atom is 0.231 e. The van der Waals surface area contributed by atoms with Crippen molar-refractivity contribution in [3.63, 3.8) is 0 Å². The van der Waals surface area contributed by atoms with Gasteiger partial charge in [0.05, 0.1) is 11.8 Å². The van der Waals surface area contributed by atoms with Crippen molar-refractivity contribution >= 4 is 11.7 Å². The summed E-state index contributed by atoms with van der Waals surface area (Å²) >= 11 is 0. The highest BCUT2D eigenvalue weighted by Crippen LogP contribution is 2.32. The number of carbonyl (C=O) groups excluding carboxylic acids is 2. The van der Waals surface area contributed by atoms with E-state index in [1.807, 2.05) is 6.92 Å². The lowest BCUT2D eigenvalue weighted by Gasteiger charge is -2.18. The van der Waals surface area contributed by atoms with Gasteiger partial charge >= 0.3 is 0 Å².